The number of hydrogen-bond acceptors (Lipinski definition) is 4. The molecule has 0 aliphatic carbocycles. The summed E-state index contributed by atoms with van der Waals surface area (Å²) in [5, 5.41) is 7.78. The minimum Gasteiger partial charge on any atom is -0.444 e. The molecule has 0 radical (unpaired) electrons. The summed E-state index contributed by atoms with van der Waals surface area (Å²) in [5.41, 5.74) is 0.462. The van der Waals surface area contributed by atoms with Crippen molar-refractivity contribution in [3.8, 4) is 0 Å². The molecule has 2 rings (SSSR count). The number of anilines is 2. The molecule has 0 saturated heterocycles. The molecule has 1 heterocycles. The first kappa shape index (κ1) is 20.2. The molecule has 27 heavy (non-hydrogen) atoms. The quantitative estimate of drug-likeness (QED) is 0.739. The van der Waals surface area contributed by atoms with Crippen molar-refractivity contribution in [2.75, 3.05) is 17.2 Å². The Morgan fingerprint density at radius 2 is 1.85 bits per heavy atom. The molecule has 0 aliphatic rings. The van der Waals surface area contributed by atoms with Crippen molar-refractivity contribution in [3.63, 3.8) is 0 Å². The van der Waals surface area contributed by atoms with Crippen LogP contribution in [0.25, 0.3) is 0 Å². The van der Waals surface area contributed by atoms with E-state index in [-0.39, 0.29) is 0 Å². The monoisotopic (exact) mass is 374 g/mol. The maximum Gasteiger partial charge on any atom is 0.413 e. The summed E-state index contributed by atoms with van der Waals surface area (Å²) in [6, 6.07) is 10.4. The predicted octanol–water partition coefficient (Wildman–Crippen LogP) is 3.93. The second-order valence-electron chi connectivity index (χ2n) is 6.78. The molecule has 3 N–H and O–H groups in total. The van der Waals surface area contributed by atoms with Gasteiger partial charge in [-0.15, -0.1) is 0 Å². The lowest BCUT2D eigenvalue weighted by molar-refractivity contribution is 0.0635. The number of nitrogens with zero attached hydrogens (tertiary/aromatic N) is 1. The van der Waals surface area contributed by atoms with Gasteiger partial charge in [0.2, 0.25) is 0 Å². The first-order chi connectivity index (χ1) is 12.7. The minimum atomic E-state index is -0.597. The zero-order chi connectivity index (χ0) is 19.9. The topological polar surface area (TPSA) is 92.4 Å². The summed E-state index contributed by atoms with van der Waals surface area (Å²) < 4.78 is 18.3. The molecule has 1 aromatic heterocycles. The van der Waals surface area contributed by atoms with Gasteiger partial charge in [0.25, 0.3) is 0 Å². The average molecular weight is 374 g/mol. The van der Waals surface area contributed by atoms with E-state index in [1.807, 2.05) is 0 Å². The van der Waals surface area contributed by atoms with Crippen LogP contribution in [0.3, 0.4) is 0 Å². The van der Waals surface area contributed by atoms with Gasteiger partial charge >= 0.3 is 12.1 Å². The number of benzene rings is 1. The number of aromatic nitrogens is 1. The number of carbonyl (C=O) groups excluding carboxylic acids is 2. The van der Waals surface area contributed by atoms with Crippen LogP contribution in [0.2, 0.25) is 0 Å². The second-order valence-corrected chi connectivity index (χ2v) is 6.78. The standard InChI is InChI=1S/C19H23FN4O3/c1-19(2,3)27-18(26)24-16-9-5-7-14(22-16)10-11-21-17(25)23-15-8-4-6-13(20)12-15/h4-9,12H,10-11H2,1-3H3,(H2,21,23,25)(H,22,24,26). The summed E-state index contributed by atoms with van der Waals surface area (Å²) in [5.74, 6) is -0.0581. The molecule has 7 nitrogen and oxygen atoms in total. The fraction of sp³-hybridized carbons (Fsp3) is 0.316. The molecule has 0 bridgehead atoms. The largest absolute Gasteiger partial charge is 0.444 e. The van der Waals surface area contributed by atoms with E-state index in [4.69, 9.17) is 4.74 Å². The number of urea groups is 1. The van der Waals surface area contributed by atoms with Crippen LogP contribution >= 0.6 is 0 Å². The Morgan fingerprint density at radius 1 is 1.11 bits per heavy atom. The maximum absolute atomic E-state index is 13.1. The Bertz CT molecular complexity index is 806. The van der Waals surface area contributed by atoms with Crippen molar-refractivity contribution >= 4 is 23.6 Å². The molecule has 0 atom stereocenters. The molecule has 0 aliphatic heterocycles. The zero-order valence-electron chi connectivity index (χ0n) is 15.5. The lowest BCUT2D eigenvalue weighted by atomic mass is 10.2. The van der Waals surface area contributed by atoms with Gasteiger partial charge in [0, 0.05) is 24.3 Å². The van der Waals surface area contributed by atoms with E-state index >= 15 is 0 Å². The number of ether oxygens (including phenoxy) is 1. The van der Waals surface area contributed by atoms with Crippen molar-refractivity contribution in [2.24, 2.45) is 0 Å². The van der Waals surface area contributed by atoms with Crippen LogP contribution in [-0.2, 0) is 11.2 Å². The van der Waals surface area contributed by atoms with Gasteiger partial charge in [-0.2, -0.15) is 0 Å². The van der Waals surface area contributed by atoms with Gasteiger partial charge in [0.05, 0.1) is 0 Å². The van der Waals surface area contributed by atoms with Crippen molar-refractivity contribution < 1.29 is 18.7 Å². The van der Waals surface area contributed by atoms with Crippen molar-refractivity contribution in [3.05, 3.63) is 54.0 Å². The van der Waals surface area contributed by atoms with E-state index in [2.05, 4.69) is 20.9 Å². The van der Waals surface area contributed by atoms with Crippen molar-refractivity contribution in [2.45, 2.75) is 32.8 Å². The van der Waals surface area contributed by atoms with E-state index < -0.39 is 23.5 Å². The van der Waals surface area contributed by atoms with Gasteiger partial charge in [-0.1, -0.05) is 12.1 Å². The summed E-state index contributed by atoms with van der Waals surface area (Å²) in [6.07, 6.45) is -0.125. The lowest BCUT2D eigenvalue weighted by Crippen LogP contribution is -2.30. The third-order valence-corrected chi connectivity index (χ3v) is 3.18. The molecule has 8 heteroatoms. The van der Waals surface area contributed by atoms with Crippen molar-refractivity contribution in [1.29, 1.82) is 0 Å². The zero-order valence-corrected chi connectivity index (χ0v) is 15.5. The molecule has 0 fully saturated rings. The Labute approximate surface area is 157 Å². The molecule has 2 aromatic rings. The molecule has 0 unspecified atom stereocenters. The van der Waals surface area contributed by atoms with Crippen LogP contribution in [0, 0.1) is 5.82 Å². The predicted molar refractivity (Wildman–Crippen MR) is 101 cm³/mol. The first-order valence-electron chi connectivity index (χ1n) is 8.48. The van der Waals surface area contributed by atoms with E-state index in [1.54, 1.807) is 45.0 Å². The van der Waals surface area contributed by atoms with Crippen LogP contribution in [-0.4, -0.2) is 29.3 Å². The summed E-state index contributed by atoms with van der Waals surface area (Å²) in [6.45, 7) is 5.65. The SMILES string of the molecule is CC(C)(C)OC(=O)Nc1cccc(CCNC(=O)Nc2cccc(F)c2)n1. The van der Waals surface area contributed by atoms with Crippen LogP contribution in [0.1, 0.15) is 26.5 Å². The summed E-state index contributed by atoms with van der Waals surface area (Å²) in [7, 11) is 0. The van der Waals surface area contributed by atoms with Crippen LogP contribution < -0.4 is 16.0 Å². The normalized spacial score (nSPS) is 10.8. The Balaban J connectivity index is 1.80. The van der Waals surface area contributed by atoms with Gasteiger partial charge in [0.1, 0.15) is 17.2 Å². The molecule has 0 saturated carbocycles. The van der Waals surface area contributed by atoms with Gasteiger partial charge in [-0.25, -0.2) is 19.0 Å². The highest BCUT2D eigenvalue weighted by Crippen LogP contribution is 2.11. The Kier molecular flexibility index (Phi) is 6.70. The third-order valence-electron chi connectivity index (χ3n) is 3.18. The van der Waals surface area contributed by atoms with E-state index in [0.717, 1.165) is 0 Å². The van der Waals surface area contributed by atoms with Crippen LogP contribution in [0.5, 0.6) is 0 Å². The van der Waals surface area contributed by atoms with Crippen molar-refractivity contribution in [1.82, 2.24) is 10.3 Å². The van der Waals surface area contributed by atoms with Gasteiger partial charge in [-0.3, -0.25) is 5.32 Å². The van der Waals surface area contributed by atoms with Gasteiger partial charge in [0.15, 0.2) is 0 Å². The maximum atomic E-state index is 13.1. The van der Waals surface area contributed by atoms with Crippen LogP contribution in [0.4, 0.5) is 25.5 Å². The molecule has 144 valence electrons. The summed E-state index contributed by atoms with van der Waals surface area (Å²) >= 11 is 0. The first-order valence-corrected chi connectivity index (χ1v) is 8.48. The summed E-state index contributed by atoms with van der Waals surface area (Å²) in [4.78, 5) is 27.9. The highest BCUT2D eigenvalue weighted by molar-refractivity contribution is 5.89. The smallest absolute Gasteiger partial charge is 0.413 e. The van der Waals surface area contributed by atoms with E-state index in [9.17, 15) is 14.0 Å². The number of amides is 3. The average Bonchev–Trinajstić information content (AvgIpc) is 2.53. The Morgan fingerprint density at radius 3 is 2.56 bits per heavy atom. The lowest BCUT2D eigenvalue weighted by Gasteiger charge is -2.19. The number of pyridine rings is 1. The van der Waals surface area contributed by atoms with Gasteiger partial charge < -0.3 is 15.4 Å². The van der Waals surface area contributed by atoms with E-state index in [0.29, 0.717) is 30.2 Å². The highest BCUT2D eigenvalue weighted by atomic mass is 19.1. The molecule has 0 spiro atoms. The number of halogens is 1. The highest BCUT2D eigenvalue weighted by Gasteiger charge is 2.16. The Hall–Kier alpha value is -3.16. The fourth-order valence-electron chi connectivity index (χ4n) is 2.14. The third kappa shape index (κ3) is 7.72. The number of hydrogen-bond donors (Lipinski definition) is 3. The molecular weight excluding hydrogens is 351 g/mol. The fourth-order valence-corrected chi connectivity index (χ4v) is 2.14. The minimum absolute atomic E-state index is 0.323. The second kappa shape index (κ2) is 8.98. The molecule has 1 aromatic carbocycles. The van der Waals surface area contributed by atoms with Gasteiger partial charge in [-0.05, 0) is 51.1 Å². The van der Waals surface area contributed by atoms with Crippen LogP contribution in [0.15, 0.2) is 42.5 Å². The number of rotatable bonds is 5. The number of carbonyl (C=O) groups is 2. The molecule has 3 amide bonds. The van der Waals surface area contributed by atoms with E-state index in [1.165, 1.54) is 18.2 Å². The number of nitrogens with one attached hydrogen (secondary N) is 3. The molecular formula is C19H23FN4O3.